The quantitative estimate of drug-likeness (QED) is 0.625. The first kappa shape index (κ1) is 23.8. The highest BCUT2D eigenvalue weighted by Gasteiger charge is 2.80. The smallest absolute Gasteiger partial charge is 0.303 e. The van der Waals surface area contributed by atoms with Gasteiger partial charge in [-0.05, 0) is 64.5 Å². The van der Waals surface area contributed by atoms with E-state index in [1.807, 2.05) is 6.92 Å². The predicted molar refractivity (Wildman–Crippen MR) is 118 cm³/mol. The van der Waals surface area contributed by atoms with Crippen molar-refractivity contribution in [3.63, 3.8) is 0 Å². The summed E-state index contributed by atoms with van der Waals surface area (Å²) in [7, 11) is 0. The number of carbonyl (C=O) groups is 3. The minimum Gasteiger partial charge on any atom is -0.458 e. The number of aliphatic hydroxyl groups excluding tert-OH is 1. The maximum absolute atomic E-state index is 17.3. The second-order valence-electron chi connectivity index (χ2n) is 11.5. The van der Waals surface area contributed by atoms with Gasteiger partial charge in [-0.15, -0.1) is 0 Å². The summed E-state index contributed by atoms with van der Waals surface area (Å²) < 4.78 is 34.9. The lowest BCUT2D eigenvalue weighted by atomic mass is 9.44. The van der Waals surface area contributed by atoms with Crippen molar-refractivity contribution < 1.29 is 38.1 Å². The number of ether oxygens (including phenoxy) is 3. The SMILES string of the molecule is CC(=O)OCC(=O)C12OC(C)(C)O[C@H]1C[C@@H]1[C@@H]3CCC4=CC(=O)C=C[C@]4(C)[C@]3(F)[C@@H](O)C[C@@]12C. The molecule has 0 radical (unpaired) electrons. The Hall–Kier alpha value is -1.90. The molecule has 1 aliphatic heterocycles. The second-order valence-corrected chi connectivity index (χ2v) is 11.5. The number of esters is 1. The van der Waals surface area contributed by atoms with E-state index >= 15 is 4.39 Å². The molecule has 5 rings (SSSR count). The Kier molecular flexibility index (Phi) is 4.96. The standard InChI is InChI=1S/C26H33FO7/c1-14(28)32-13-20(31)26-21(33-22(2,3)34-26)11-18-17-7-6-15-10-16(29)8-9-23(15,4)25(17,27)19(30)12-24(18,26)5/h8-10,17-19,21,30H,6-7,11-13H2,1-5H3/t17-,18+,19-,21-,23-,24-,25+,26?/m0/s1. The maximum atomic E-state index is 17.3. The summed E-state index contributed by atoms with van der Waals surface area (Å²) >= 11 is 0. The van der Waals surface area contributed by atoms with Crippen LogP contribution in [0.3, 0.4) is 0 Å². The highest BCUT2D eigenvalue weighted by atomic mass is 19.1. The third kappa shape index (κ3) is 2.76. The molecule has 1 heterocycles. The number of hydrogen-bond donors (Lipinski definition) is 1. The largest absolute Gasteiger partial charge is 0.458 e. The van der Waals surface area contributed by atoms with Gasteiger partial charge in [0.05, 0.1) is 12.2 Å². The van der Waals surface area contributed by atoms with E-state index in [0.717, 1.165) is 0 Å². The highest BCUT2D eigenvalue weighted by Crippen LogP contribution is 2.72. The Bertz CT molecular complexity index is 1030. The first-order valence-electron chi connectivity index (χ1n) is 12.1. The van der Waals surface area contributed by atoms with Gasteiger partial charge in [-0.2, -0.15) is 0 Å². The first-order valence-corrected chi connectivity index (χ1v) is 12.1. The predicted octanol–water partition coefficient (Wildman–Crippen LogP) is 2.99. The summed E-state index contributed by atoms with van der Waals surface area (Å²) in [6.07, 6.45) is 3.81. The van der Waals surface area contributed by atoms with Gasteiger partial charge in [-0.3, -0.25) is 14.4 Å². The van der Waals surface area contributed by atoms with Gasteiger partial charge in [-0.1, -0.05) is 18.6 Å². The average Bonchev–Trinajstić information content (AvgIpc) is 3.14. The fourth-order valence-corrected chi connectivity index (χ4v) is 8.08. The van der Waals surface area contributed by atoms with E-state index in [9.17, 15) is 19.5 Å². The van der Waals surface area contributed by atoms with E-state index in [1.54, 1.807) is 26.8 Å². The van der Waals surface area contributed by atoms with E-state index in [-0.39, 0.29) is 18.1 Å². The summed E-state index contributed by atoms with van der Waals surface area (Å²) in [4.78, 5) is 37.1. The molecule has 1 saturated heterocycles. The molecular weight excluding hydrogens is 443 g/mol. The molecule has 0 aromatic carbocycles. The zero-order valence-electron chi connectivity index (χ0n) is 20.4. The summed E-state index contributed by atoms with van der Waals surface area (Å²) in [6.45, 7) is 7.86. The summed E-state index contributed by atoms with van der Waals surface area (Å²) in [5, 5.41) is 11.5. The molecule has 3 saturated carbocycles. The molecule has 1 unspecified atom stereocenters. The van der Waals surface area contributed by atoms with Crippen LogP contribution < -0.4 is 0 Å². The van der Waals surface area contributed by atoms with Crippen LogP contribution in [0.25, 0.3) is 0 Å². The molecule has 0 amide bonds. The molecular formula is C26H33FO7. The van der Waals surface area contributed by atoms with Gasteiger partial charge in [-0.25, -0.2) is 4.39 Å². The molecule has 7 nitrogen and oxygen atoms in total. The van der Waals surface area contributed by atoms with Gasteiger partial charge in [0.15, 0.2) is 29.4 Å². The van der Waals surface area contributed by atoms with Gasteiger partial charge in [0.2, 0.25) is 5.78 Å². The van der Waals surface area contributed by atoms with E-state index < -0.39 is 64.4 Å². The molecule has 0 bridgehead atoms. The molecule has 5 aliphatic rings. The molecule has 4 fully saturated rings. The topological polar surface area (TPSA) is 99.1 Å². The van der Waals surface area contributed by atoms with Crippen LogP contribution in [0.1, 0.15) is 60.3 Å². The highest BCUT2D eigenvalue weighted by molar-refractivity contribution is 6.01. The molecule has 4 aliphatic carbocycles. The number of carbonyl (C=O) groups excluding carboxylic acids is 3. The van der Waals surface area contributed by atoms with Crippen molar-refractivity contribution in [2.75, 3.05) is 6.61 Å². The Morgan fingerprint density at radius 2 is 1.94 bits per heavy atom. The molecule has 0 aromatic rings. The summed E-state index contributed by atoms with van der Waals surface area (Å²) in [5.74, 6) is -3.11. The van der Waals surface area contributed by atoms with Crippen LogP contribution in [0, 0.1) is 22.7 Å². The Morgan fingerprint density at radius 3 is 2.62 bits per heavy atom. The monoisotopic (exact) mass is 476 g/mol. The minimum atomic E-state index is -2.01. The molecule has 0 aromatic heterocycles. The van der Waals surface area contributed by atoms with Gasteiger partial charge in [0.1, 0.15) is 0 Å². The number of halogens is 1. The number of rotatable bonds is 3. The molecule has 1 N–H and O–H groups in total. The van der Waals surface area contributed by atoms with Crippen LogP contribution in [0.5, 0.6) is 0 Å². The van der Waals surface area contributed by atoms with E-state index in [4.69, 9.17) is 14.2 Å². The number of allylic oxidation sites excluding steroid dienone is 4. The first-order chi connectivity index (χ1) is 15.7. The van der Waals surface area contributed by atoms with Crippen LogP contribution in [-0.4, -0.2) is 58.5 Å². The van der Waals surface area contributed by atoms with Crippen LogP contribution in [-0.2, 0) is 28.6 Å². The van der Waals surface area contributed by atoms with Crippen molar-refractivity contribution in [2.45, 2.75) is 89.6 Å². The third-order valence-corrected chi connectivity index (χ3v) is 9.45. The third-order valence-electron chi connectivity index (χ3n) is 9.45. The zero-order chi connectivity index (χ0) is 24.9. The molecule has 0 spiro atoms. The van der Waals surface area contributed by atoms with E-state index in [2.05, 4.69) is 0 Å². The van der Waals surface area contributed by atoms with Gasteiger partial charge >= 0.3 is 5.97 Å². The zero-order valence-corrected chi connectivity index (χ0v) is 20.4. The van der Waals surface area contributed by atoms with Crippen molar-refractivity contribution in [3.8, 4) is 0 Å². The van der Waals surface area contributed by atoms with E-state index in [0.29, 0.717) is 24.8 Å². The lowest BCUT2D eigenvalue weighted by Crippen LogP contribution is -2.70. The van der Waals surface area contributed by atoms with Gasteiger partial charge in [0, 0.05) is 23.7 Å². The van der Waals surface area contributed by atoms with Crippen LogP contribution in [0.2, 0.25) is 0 Å². The maximum Gasteiger partial charge on any atom is 0.303 e. The molecule has 186 valence electrons. The number of alkyl halides is 1. The van der Waals surface area contributed by atoms with Crippen molar-refractivity contribution in [1.29, 1.82) is 0 Å². The number of hydrogen-bond acceptors (Lipinski definition) is 7. The average molecular weight is 477 g/mol. The van der Waals surface area contributed by atoms with Crippen LogP contribution in [0.4, 0.5) is 4.39 Å². The summed E-state index contributed by atoms with van der Waals surface area (Å²) in [6, 6.07) is 0. The fourth-order valence-electron chi connectivity index (χ4n) is 8.08. The second kappa shape index (κ2) is 7.08. The summed E-state index contributed by atoms with van der Waals surface area (Å²) in [5.41, 5.74) is -4.82. The molecule has 34 heavy (non-hydrogen) atoms. The molecule has 8 atom stereocenters. The van der Waals surface area contributed by atoms with Crippen molar-refractivity contribution in [2.24, 2.45) is 22.7 Å². The van der Waals surface area contributed by atoms with Crippen molar-refractivity contribution in [3.05, 3.63) is 23.8 Å². The van der Waals surface area contributed by atoms with Crippen molar-refractivity contribution >= 4 is 17.5 Å². The Balaban J connectivity index is 1.60. The lowest BCUT2D eigenvalue weighted by Gasteiger charge is -2.62. The van der Waals surface area contributed by atoms with Crippen LogP contribution in [0.15, 0.2) is 23.8 Å². The Morgan fingerprint density at radius 1 is 1.24 bits per heavy atom. The Labute approximate surface area is 198 Å². The number of Topliss-reactive ketones (excluding diaryl/α,β-unsaturated/α-hetero) is 1. The van der Waals surface area contributed by atoms with E-state index in [1.165, 1.54) is 19.1 Å². The number of fused-ring (bicyclic) bond motifs is 7. The minimum absolute atomic E-state index is 0.0168. The number of aliphatic hydroxyl groups is 1. The number of ketones is 2. The van der Waals surface area contributed by atoms with Crippen LogP contribution >= 0.6 is 0 Å². The van der Waals surface area contributed by atoms with Crippen molar-refractivity contribution in [1.82, 2.24) is 0 Å². The normalized spacial score (nSPS) is 48.3. The lowest BCUT2D eigenvalue weighted by molar-refractivity contribution is -0.246. The molecule has 8 heteroatoms. The van der Waals surface area contributed by atoms with Gasteiger partial charge in [0.25, 0.3) is 0 Å². The van der Waals surface area contributed by atoms with Gasteiger partial charge < -0.3 is 19.3 Å². The fraction of sp³-hybridized carbons (Fsp3) is 0.731.